The molecule has 5 nitrogen and oxygen atoms in total. The number of ether oxygens (including phenoxy) is 2. The molecule has 0 radical (unpaired) electrons. The Morgan fingerprint density at radius 1 is 1.38 bits per heavy atom. The van der Waals surface area contributed by atoms with E-state index < -0.39 is 11.7 Å². The van der Waals surface area contributed by atoms with Crippen LogP contribution >= 0.6 is 0 Å². The van der Waals surface area contributed by atoms with Crippen LogP contribution in [0.1, 0.15) is 32.8 Å². The van der Waals surface area contributed by atoms with Crippen LogP contribution in [0.2, 0.25) is 0 Å². The average Bonchev–Trinajstić information content (AvgIpc) is 2.36. The van der Waals surface area contributed by atoms with Gasteiger partial charge in [-0.2, -0.15) is 0 Å². The lowest BCUT2D eigenvalue weighted by atomic mass is 10.2. The van der Waals surface area contributed by atoms with Crippen molar-refractivity contribution in [1.82, 2.24) is 5.32 Å². The van der Waals surface area contributed by atoms with Crippen molar-refractivity contribution in [3.63, 3.8) is 0 Å². The Hall–Kier alpha value is -2.17. The molecule has 1 aromatic rings. The first-order valence-corrected chi connectivity index (χ1v) is 6.82. The number of hydrogen-bond acceptors (Lipinski definition) is 4. The Bertz CT molecular complexity index is 503. The molecule has 1 rings (SSSR count). The normalized spacial score (nSPS) is 11.4. The zero-order chi connectivity index (χ0) is 15.9. The summed E-state index contributed by atoms with van der Waals surface area (Å²) < 4.78 is 10.1. The van der Waals surface area contributed by atoms with Crippen molar-refractivity contribution in [1.29, 1.82) is 0 Å². The number of phenols is 1. The number of alkyl carbamates (subject to hydrolysis) is 1. The van der Waals surface area contributed by atoms with E-state index in [1.165, 1.54) is 7.11 Å². The maximum Gasteiger partial charge on any atom is 0.407 e. The number of nitrogens with one attached hydrogen (secondary N) is 1. The molecular formula is C16H23NO4. The third-order valence-electron chi connectivity index (χ3n) is 2.49. The molecule has 0 aromatic heterocycles. The number of benzene rings is 1. The highest BCUT2D eigenvalue weighted by Gasteiger charge is 2.15. The second-order valence-electron chi connectivity index (χ2n) is 5.55. The Balaban J connectivity index is 2.35. The first-order chi connectivity index (χ1) is 9.81. The van der Waals surface area contributed by atoms with Crippen LogP contribution in [0.25, 0.3) is 6.08 Å². The molecule has 0 aliphatic rings. The van der Waals surface area contributed by atoms with Crippen LogP contribution < -0.4 is 10.1 Å². The van der Waals surface area contributed by atoms with Gasteiger partial charge in [0.2, 0.25) is 0 Å². The summed E-state index contributed by atoms with van der Waals surface area (Å²) in [5.41, 5.74) is 0.381. The van der Waals surface area contributed by atoms with Gasteiger partial charge in [0.1, 0.15) is 5.60 Å². The average molecular weight is 293 g/mol. The van der Waals surface area contributed by atoms with Crippen molar-refractivity contribution in [2.45, 2.75) is 32.8 Å². The SMILES string of the molecule is COc1ccc(C=CCCNC(=O)OC(C)(C)C)cc1O. The highest BCUT2D eigenvalue weighted by atomic mass is 16.6. The van der Waals surface area contributed by atoms with Crippen molar-refractivity contribution in [2.75, 3.05) is 13.7 Å². The first-order valence-electron chi connectivity index (χ1n) is 6.82. The summed E-state index contributed by atoms with van der Waals surface area (Å²) in [5, 5.41) is 12.3. The smallest absolute Gasteiger partial charge is 0.407 e. The zero-order valence-corrected chi connectivity index (χ0v) is 13.0. The molecule has 0 saturated carbocycles. The van der Waals surface area contributed by atoms with Gasteiger partial charge in [-0.25, -0.2) is 4.79 Å². The highest BCUT2D eigenvalue weighted by molar-refractivity contribution is 5.67. The Morgan fingerprint density at radius 2 is 2.10 bits per heavy atom. The molecule has 0 atom stereocenters. The van der Waals surface area contributed by atoms with Gasteiger partial charge >= 0.3 is 6.09 Å². The summed E-state index contributed by atoms with van der Waals surface area (Å²) >= 11 is 0. The molecule has 0 aliphatic heterocycles. The third kappa shape index (κ3) is 6.70. The standard InChI is InChI=1S/C16H23NO4/c1-16(2,3)21-15(19)17-10-6-5-7-12-8-9-14(20-4)13(18)11-12/h5,7-9,11,18H,6,10H2,1-4H3,(H,17,19). The molecule has 1 aromatic carbocycles. The van der Waals surface area contributed by atoms with Gasteiger partial charge in [-0.15, -0.1) is 0 Å². The zero-order valence-electron chi connectivity index (χ0n) is 13.0. The van der Waals surface area contributed by atoms with Crippen LogP contribution in [0.15, 0.2) is 24.3 Å². The molecule has 0 aliphatic carbocycles. The van der Waals surface area contributed by atoms with Crippen molar-refractivity contribution in [3.05, 3.63) is 29.8 Å². The minimum atomic E-state index is -0.486. The highest BCUT2D eigenvalue weighted by Crippen LogP contribution is 2.26. The second-order valence-corrected chi connectivity index (χ2v) is 5.55. The summed E-state index contributed by atoms with van der Waals surface area (Å²) in [4.78, 5) is 11.4. The molecule has 0 spiro atoms. The topological polar surface area (TPSA) is 67.8 Å². The fraction of sp³-hybridized carbons (Fsp3) is 0.438. The summed E-state index contributed by atoms with van der Waals surface area (Å²) in [7, 11) is 1.51. The molecule has 0 heterocycles. The number of rotatable bonds is 5. The number of aromatic hydroxyl groups is 1. The van der Waals surface area contributed by atoms with E-state index in [2.05, 4.69) is 5.32 Å². The number of carbonyl (C=O) groups is 1. The second kappa shape index (κ2) is 7.57. The molecule has 5 heteroatoms. The summed E-state index contributed by atoms with van der Waals surface area (Å²) in [6, 6.07) is 5.17. The van der Waals surface area contributed by atoms with Gasteiger partial charge in [-0.05, 0) is 44.9 Å². The maximum atomic E-state index is 11.4. The predicted molar refractivity (Wildman–Crippen MR) is 82.5 cm³/mol. The van der Waals surface area contributed by atoms with Crippen LogP contribution in [0.3, 0.4) is 0 Å². The van der Waals surface area contributed by atoms with Crippen molar-refractivity contribution >= 4 is 12.2 Å². The molecule has 116 valence electrons. The summed E-state index contributed by atoms with van der Waals surface area (Å²) in [5.74, 6) is 0.547. The fourth-order valence-electron chi connectivity index (χ4n) is 1.60. The molecule has 0 fully saturated rings. The van der Waals surface area contributed by atoms with Gasteiger partial charge in [-0.3, -0.25) is 0 Å². The van der Waals surface area contributed by atoms with E-state index in [0.717, 1.165) is 5.56 Å². The Labute approximate surface area is 125 Å². The largest absolute Gasteiger partial charge is 0.504 e. The predicted octanol–water partition coefficient (Wildman–Crippen LogP) is 3.33. The molecule has 0 unspecified atom stereocenters. The monoisotopic (exact) mass is 293 g/mol. The van der Waals surface area contributed by atoms with Crippen LogP contribution in [0, 0.1) is 0 Å². The van der Waals surface area contributed by atoms with Gasteiger partial charge in [0.05, 0.1) is 7.11 Å². The summed E-state index contributed by atoms with van der Waals surface area (Å²) in [6.45, 7) is 5.96. The number of amides is 1. The number of carbonyl (C=O) groups excluding carboxylic acids is 1. The van der Waals surface area contributed by atoms with Crippen LogP contribution in [0.5, 0.6) is 11.5 Å². The van der Waals surface area contributed by atoms with E-state index in [0.29, 0.717) is 18.7 Å². The van der Waals surface area contributed by atoms with Gasteiger partial charge in [0.25, 0.3) is 0 Å². The van der Waals surface area contributed by atoms with E-state index in [-0.39, 0.29) is 5.75 Å². The van der Waals surface area contributed by atoms with Gasteiger partial charge in [0.15, 0.2) is 11.5 Å². The lowest BCUT2D eigenvalue weighted by Crippen LogP contribution is -2.32. The van der Waals surface area contributed by atoms with Crippen LogP contribution in [0.4, 0.5) is 4.79 Å². The van der Waals surface area contributed by atoms with Crippen LogP contribution in [-0.4, -0.2) is 30.5 Å². The lowest BCUT2D eigenvalue weighted by molar-refractivity contribution is 0.0529. The van der Waals surface area contributed by atoms with E-state index in [1.807, 2.05) is 39.0 Å². The van der Waals surface area contributed by atoms with Crippen molar-refractivity contribution in [3.8, 4) is 11.5 Å². The molecular weight excluding hydrogens is 270 g/mol. The van der Waals surface area contributed by atoms with Gasteiger partial charge in [0, 0.05) is 6.54 Å². The quantitative estimate of drug-likeness (QED) is 0.817. The van der Waals surface area contributed by atoms with Crippen LogP contribution in [-0.2, 0) is 4.74 Å². The van der Waals surface area contributed by atoms with Crippen molar-refractivity contribution < 1.29 is 19.4 Å². The van der Waals surface area contributed by atoms with E-state index in [9.17, 15) is 9.90 Å². The molecule has 2 N–H and O–H groups in total. The number of methoxy groups -OCH3 is 1. The third-order valence-corrected chi connectivity index (χ3v) is 2.49. The van der Waals surface area contributed by atoms with E-state index in [4.69, 9.17) is 9.47 Å². The maximum absolute atomic E-state index is 11.4. The molecule has 0 bridgehead atoms. The molecule has 0 saturated heterocycles. The van der Waals surface area contributed by atoms with E-state index >= 15 is 0 Å². The number of phenolic OH excluding ortho intramolecular Hbond substituents is 1. The molecule has 1 amide bonds. The minimum Gasteiger partial charge on any atom is -0.504 e. The summed E-state index contributed by atoms with van der Waals surface area (Å²) in [6.07, 6.45) is 4.04. The molecule has 21 heavy (non-hydrogen) atoms. The van der Waals surface area contributed by atoms with Gasteiger partial charge in [-0.1, -0.05) is 18.2 Å². The van der Waals surface area contributed by atoms with Gasteiger partial charge < -0.3 is 19.9 Å². The lowest BCUT2D eigenvalue weighted by Gasteiger charge is -2.19. The fourth-order valence-corrected chi connectivity index (χ4v) is 1.60. The van der Waals surface area contributed by atoms with E-state index in [1.54, 1.807) is 12.1 Å². The Morgan fingerprint density at radius 3 is 2.67 bits per heavy atom. The Kier molecular flexibility index (Phi) is 6.09. The number of hydrogen-bond donors (Lipinski definition) is 2. The minimum absolute atomic E-state index is 0.103. The first kappa shape index (κ1) is 16.9. The van der Waals surface area contributed by atoms with Crippen molar-refractivity contribution in [2.24, 2.45) is 0 Å².